The number of rotatable bonds is 1. The van der Waals surface area contributed by atoms with Crippen molar-refractivity contribution in [3.63, 3.8) is 0 Å². The van der Waals surface area contributed by atoms with E-state index in [0.29, 0.717) is 6.10 Å². The predicted octanol–water partition coefficient (Wildman–Crippen LogP) is -0.0200. The first-order chi connectivity index (χ1) is 3.93. The van der Waals surface area contributed by atoms with Gasteiger partial charge in [-0.1, -0.05) is 0 Å². The highest BCUT2D eigenvalue weighted by Gasteiger charge is 2.53. The molecule has 3 atom stereocenters. The van der Waals surface area contributed by atoms with Gasteiger partial charge in [0.05, 0.1) is 6.10 Å². The van der Waals surface area contributed by atoms with E-state index in [0.717, 1.165) is 25.0 Å². The lowest BCUT2D eigenvalue weighted by Gasteiger charge is -1.96. The summed E-state index contributed by atoms with van der Waals surface area (Å²) in [6.07, 6.45) is 1.83. The van der Waals surface area contributed by atoms with Crippen molar-refractivity contribution in [3.8, 4) is 0 Å². The average molecular weight is 113 g/mol. The molecule has 2 rings (SSSR count). The Morgan fingerprint density at radius 3 is 2.88 bits per heavy atom. The molecule has 2 nitrogen and oxygen atoms in total. The number of ether oxygens (including phenoxy) is 1. The molecule has 2 aliphatic rings. The molecule has 0 aromatic rings. The highest BCUT2D eigenvalue weighted by molar-refractivity contribution is 5.02. The number of hydrogen-bond acceptors (Lipinski definition) is 2. The fraction of sp³-hybridized carbons (Fsp3) is 1.00. The summed E-state index contributed by atoms with van der Waals surface area (Å²) in [4.78, 5) is 0. The van der Waals surface area contributed by atoms with Crippen LogP contribution in [0.2, 0.25) is 0 Å². The monoisotopic (exact) mass is 113 g/mol. The lowest BCUT2D eigenvalue weighted by atomic mass is 10.2. The summed E-state index contributed by atoms with van der Waals surface area (Å²) < 4.78 is 5.35. The predicted molar refractivity (Wildman–Crippen MR) is 30.4 cm³/mol. The van der Waals surface area contributed by atoms with Crippen LogP contribution in [0.25, 0.3) is 0 Å². The van der Waals surface area contributed by atoms with Crippen molar-refractivity contribution in [1.82, 2.24) is 0 Å². The first kappa shape index (κ1) is 4.77. The van der Waals surface area contributed by atoms with Gasteiger partial charge in [-0.3, -0.25) is 0 Å². The molecule has 0 amide bonds. The Hall–Kier alpha value is -0.0800. The summed E-state index contributed by atoms with van der Waals surface area (Å²) in [5, 5.41) is 0. The van der Waals surface area contributed by atoms with E-state index in [1.165, 1.54) is 6.42 Å². The summed E-state index contributed by atoms with van der Waals surface area (Å²) in [5.74, 6) is 1.57. The Labute approximate surface area is 49.0 Å². The fourth-order valence-electron chi connectivity index (χ4n) is 1.68. The highest BCUT2D eigenvalue weighted by Crippen LogP contribution is 2.47. The molecule has 0 radical (unpaired) electrons. The van der Waals surface area contributed by atoms with E-state index < -0.39 is 0 Å². The van der Waals surface area contributed by atoms with E-state index in [1.54, 1.807) is 0 Å². The van der Waals surface area contributed by atoms with Crippen molar-refractivity contribution in [3.05, 3.63) is 0 Å². The van der Waals surface area contributed by atoms with Crippen LogP contribution in [0.3, 0.4) is 0 Å². The Kier molecular flexibility index (Phi) is 0.866. The van der Waals surface area contributed by atoms with Crippen molar-refractivity contribution < 1.29 is 4.74 Å². The molecule has 1 saturated heterocycles. The molecule has 1 heterocycles. The second-order valence-corrected chi connectivity index (χ2v) is 2.69. The van der Waals surface area contributed by atoms with Crippen LogP contribution in [0.4, 0.5) is 0 Å². The van der Waals surface area contributed by atoms with Crippen molar-refractivity contribution in [2.24, 2.45) is 17.6 Å². The lowest BCUT2D eigenvalue weighted by molar-refractivity contribution is 0.140. The van der Waals surface area contributed by atoms with Crippen LogP contribution in [-0.4, -0.2) is 19.3 Å². The molecular formula is C6H11NO. The maximum atomic E-state index is 5.44. The molecule has 1 aliphatic carbocycles. The van der Waals surface area contributed by atoms with Gasteiger partial charge in [0, 0.05) is 12.5 Å². The minimum absolute atomic E-state index is 0.569. The first-order valence-electron chi connectivity index (χ1n) is 3.25. The van der Waals surface area contributed by atoms with E-state index in [1.807, 2.05) is 0 Å². The Morgan fingerprint density at radius 1 is 1.62 bits per heavy atom. The van der Waals surface area contributed by atoms with Crippen LogP contribution >= 0.6 is 0 Å². The zero-order valence-electron chi connectivity index (χ0n) is 4.84. The van der Waals surface area contributed by atoms with Crippen LogP contribution < -0.4 is 5.73 Å². The van der Waals surface area contributed by atoms with Gasteiger partial charge in [-0.2, -0.15) is 0 Å². The van der Waals surface area contributed by atoms with E-state index in [-0.39, 0.29) is 0 Å². The van der Waals surface area contributed by atoms with Gasteiger partial charge in [-0.25, -0.2) is 0 Å². The van der Waals surface area contributed by atoms with Crippen LogP contribution in [0.15, 0.2) is 0 Å². The maximum absolute atomic E-state index is 5.44. The summed E-state index contributed by atoms with van der Waals surface area (Å²) in [6.45, 7) is 1.81. The lowest BCUT2D eigenvalue weighted by Crippen LogP contribution is -2.08. The summed E-state index contributed by atoms with van der Waals surface area (Å²) in [5.41, 5.74) is 5.44. The minimum Gasteiger partial charge on any atom is -0.378 e. The van der Waals surface area contributed by atoms with E-state index in [9.17, 15) is 0 Å². The number of hydrogen-bond donors (Lipinski definition) is 1. The second kappa shape index (κ2) is 1.45. The smallest absolute Gasteiger partial charge is 0.0652 e. The maximum Gasteiger partial charge on any atom is 0.0652 e. The zero-order chi connectivity index (χ0) is 5.56. The zero-order valence-corrected chi connectivity index (χ0v) is 4.84. The van der Waals surface area contributed by atoms with Crippen LogP contribution in [0.1, 0.15) is 6.42 Å². The van der Waals surface area contributed by atoms with Gasteiger partial charge in [0.25, 0.3) is 0 Å². The molecule has 1 saturated carbocycles. The molecule has 2 heteroatoms. The van der Waals surface area contributed by atoms with Gasteiger partial charge in [0.1, 0.15) is 0 Å². The Balaban J connectivity index is 1.94. The third kappa shape index (κ3) is 0.446. The van der Waals surface area contributed by atoms with Gasteiger partial charge in [0.2, 0.25) is 0 Å². The van der Waals surface area contributed by atoms with Crippen LogP contribution in [0.5, 0.6) is 0 Å². The normalized spacial score (nSPS) is 51.4. The van der Waals surface area contributed by atoms with Gasteiger partial charge in [0.15, 0.2) is 0 Å². The van der Waals surface area contributed by atoms with Gasteiger partial charge >= 0.3 is 0 Å². The second-order valence-electron chi connectivity index (χ2n) is 2.69. The van der Waals surface area contributed by atoms with E-state index in [4.69, 9.17) is 10.5 Å². The molecule has 0 aromatic carbocycles. The molecule has 0 spiro atoms. The fourth-order valence-corrected chi connectivity index (χ4v) is 1.68. The van der Waals surface area contributed by atoms with Gasteiger partial charge < -0.3 is 10.5 Å². The third-order valence-corrected chi connectivity index (χ3v) is 2.29. The molecule has 2 fully saturated rings. The summed E-state index contributed by atoms with van der Waals surface area (Å²) in [6, 6.07) is 0. The number of nitrogens with two attached hydrogens (primary N) is 1. The summed E-state index contributed by atoms with van der Waals surface area (Å²) in [7, 11) is 0. The van der Waals surface area contributed by atoms with Crippen molar-refractivity contribution >= 4 is 0 Å². The molecular weight excluding hydrogens is 102 g/mol. The van der Waals surface area contributed by atoms with Gasteiger partial charge in [-0.15, -0.1) is 0 Å². The molecule has 2 N–H and O–H groups in total. The largest absolute Gasteiger partial charge is 0.378 e. The topological polar surface area (TPSA) is 35.2 Å². The quantitative estimate of drug-likeness (QED) is 0.518. The molecule has 0 unspecified atom stereocenters. The third-order valence-electron chi connectivity index (χ3n) is 2.29. The van der Waals surface area contributed by atoms with Crippen molar-refractivity contribution in [2.75, 3.05) is 13.2 Å². The van der Waals surface area contributed by atoms with Gasteiger partial charge in [-0.05, 0) is 18.9 Å². The van der Waals surface area contributed by atoms with E-state index >= 15 is 0 Å². The van der Waals surface area contributed by atoms with Crippen molar-refractivity contribution in [2.45, 2.75) is 12.5 Å². The van der Waals surface area contributed by atoms with Crippen molar-refractivity contribution in [1.29, 1.82) is 0 Å². The molecule has 8 heavy (non-hydrogen) atoms. The molecule has 0 bridgehead atoms. The minimum atomic E-state index is 0.569. The Bertz CT molecular complexity index is 87.9. The van der Waals surface area contributed by atoms with Crippen LogP contribution in [0, 0.1) is 11.8 Å². The first-order valence-corrected chi connectivity index (χ1v) is 3.25. The molecule has 0 aromatic heterocycles. The number of fused-ring (bicyclic) bond motifs is 1. The van der Waals surface area contributed by atoms with E-state index in [2.05, 4.69) is 0 Å². The summed E-state index contributed by atoms with van der Waals surface area (Å²) >= 11 is 0. The molecule has 46 valence electrons. The highest BCUT2D eigenvalue weighted by atomic mass is 16.5. The SMILES string of the molecule is NC[C@@H]1[C@@H]2CCO[C@@H]12. The standard InChI is InChI=1S/C6H11NO/c7-3-5-4-1-2-8-6(4)5/h4-6H,1-3,7H2/t4-,5+,6+/m0/s1. The molecule has 1 aliphatic heterocycles. The Morgan fingerprint density at radius 2 is 2.50 bits per heavy atom. The average Bonchev–Trinajstić information content (AvgIpc) is 2.22. The van der Waals surface area contributed by atoms with Crippen LogP contribution in [-0.2, 0) is 4.74 Å².